The van der Waals surface area contributed by atoms with Crippen LogP contribution in [0.5, 0.6) is 0 Å². The van der Waals surface area contributed by atoms with Gasteiger partial charge in [0.2, 0.25) is 5.91 Å². The van der Waals surface area contributed by atoms with Crippen LogP contribution in [0.15, 0.2) is 0 Å². The lowest BCUT2D eigenvalue weighted by atomic mass is 9.88. The first-order valence-corrected chi connectivity index (χ1v) is 7.41. The van der Waals surface area contributed by atoms with Gasteiger partial charge in [-0.25, -0.2) is 0 Å². The lowest BCUT2D eigenvalue weighted by Gasteiger charge is -2.35. The fourth-order valence-corrected chi connectivity index (χ4v) is 3.09. The summed E-state index contributed by atoms with van der Waals surface area (Å²) >= 11 is 0. The van der Waals surface area contributed by atoms with Crippen molar-refractivity contribution in [2.24, 2.45) is 11.7 Å². The summed E-state index contributed by atoms with van der Waals surface area (Å²) in [6.07, 6.45) is 8.21. The van der Waals surface area contributed by atoms with Crippen LogP contribution < -0.4 is 5.73 Å². The van der Waals surface area contributed by atoms with Crippen LogP contribution in [0.25, 0.3) is 0 Å². The van der Waals surface area contributed by atoms with E-state index in [0.717, 1.165) is 38.8 Å². The molecule has 1 aliphatic heterocycles. The molecule has 104 valence electrons. The number of hydrogen-bond donors (Lipinski definition) is 1. The maximum atomic E-state index is 12.3. The van der Waals surface area contributed by atoms with E-state index in [1.807, 2.05) is 0 Å². The number of piperidine rings is 1. The van der Waals surface area contributed by atoms with Crippen LogP contribution in [-0.2, 0) is 9.53 Å². The van der Waals surface area contributed by atoms with Crippen LogP contribution in [-0.4, -0.2) is 43.2 Å². The van der Waals surface area contributed by atoms with Crippen molar-refractivity contribution in [1.82, 2.24) is 4.90 Å². The van der Waals surface area contributed by atoms with E-state index in [0.29, 0.717) is 31.1 Å². The average Bonchev–Trinajstić information content (AvgIpc) is 2.46. The number of nitrogens with two attached hydrogens (primary N) is 1. The number of ether oxygens (including phenoxy) is 1. The minimum absolute atomic E-state index is 0.306. The van der Waals surface area contributed by atoms with Gasteiger partial charge < -0.3 is 15.4 Å². The zero-order chi connectivity index (χ0) is 12.8. The second-order valence-electron chi connectivity index (χ2n) is 5.52. The lowest BCUT2D eigenvalue weighted by Crippen LogP contribution is -2.44. The molecule has 0 bridgehead atoms. The maximum Gasteiger partial charge on any atom is 0.225 e. The summed E-state index contributed by atoms with van der Waals surface area (Å²) in [5.74, 6) is 0.701. The fourth-order valence-electron chi connectivity index (χ4n) is 3.09. The Labute approximate surface area is 110 Å². The Balaban J connectivity index is 1.73. The highest BCUT2D eigenvalue weighted by Gasteiger charge is 2.29. The summed E-state index contributed by atoms with van der Waals surface area (Å²) in [6.45, 7) is 2.96. The molecule has 2 aliphatic rings. The monoisotopic (exact) mass is 254 g/mol. The van der Waals surface area contributed by atoms with Crippen molar-refractivity contribution in [3.63, 3.8) is 0 Å². The first kappa shape index (κ1) is 13.8. The van der Waals surface area contributed by atoms with E-state index in [1.165, 1.54) is 19.3 Å². The van der Waals surface area contributed by atoms with E-state index in [4.69, 9.17) is 10.5 Å². The lowest BCUT2D eigenvalue weighted by molar-refractivity contribution is -0.139. The van der Waals surface area contributed by atoms with Crippen molar-refractivity contribution >= 4 is 5.91 Å². The summed E-state index contributed by atoms with van der Waals surface area (Å²) in [5.41, 5.74) is 5.43. The Hall–Kier alpha value is -0.610. The van der Waals surface area contributed by atoms with Gasteiger partial charge >= 0.3 is 0 Å². The summed E-state index contributed by atoms with van der Waals surface area (Å²) < 4.78 is 5.64. The Bertz CT molecular complexity index is 257. The summed E-state index contributed by atoms with van der Waals surface area (Å²) in [4.78, 5) is 14.4. The first-order chi connectivity index (χ1) is 8.81. The van der Waals surface area contributed by atoms with Gasteiger partial charge in [0.25, 0.3) is 0 Å². The number of carbonyl (C=O) groups is 1. The molecule has 2 fully saturated rings. The van der Waals surface area contributed by atoms with Crippen molar-refractivity contribution < 1.29 is 9.53 Å². The van der Waals surface area contributed by atoms with E-state index in [9.17, 15) is 4.79 Å². The smallest absolute Gasteiger partial charge is 0.225 e. The normalized spacial score (nSPS) is 23.3. The molecule has 1 amide bonds. The molecule has 0 spiro atoms. The van der Waals surface area contributed by atoms with Crippen molar-refractivity contribution in [2.45, 2.75) is 51.0 Å². The predicted molar refractivity (Wildman–Crippen MR) is 71.2 cm³/mol. The third kappa shape index (κ3) is 3.69. The summed E-state index contributed by atoms with van der Waals surface area (Å²) in [5, 5.41) is 0. The highest BCUT2D eigenvalue weighted by atomic mass is 16.5. The minimum atomic E-state index is 0.306. The van der Waals surface area contributed by atoms with Crippen molar-refractivity contribution in [2.75, 3.05) is 26.2 Å². The number of likely N-dealkylation sites (tertiary alicyclic amines) is 1. The molecular formula is C14H26N2O2. The van der Waals surface area contributed by atoms with E-state index in [2.05, 4.69) is 4.90 Å². The average molecular weight is 254 g/mol. The van der Waals surface area contributed by atoms with Crippen molar-refractivity contribution in [3.05, 3.63) is 0 Å². The molecule has 1 aliphatic carbocycles. The van der Waals surface area contributed by atoms with Gasteiger partial charge in [-0.3, -0.25) is 4.79 Å². The van der Waals surface area contributed by atoms with E-state index < -0.39 is 0 Å². The molecule has 0 unspecified atom stereocenters. The summed E-state index contributed by atoms with van der Waals surface area (Å²) in [6, 6.07) is 0. The standard InChI is InChI=1S/C14H26N2O2/c15-8-11-18-13-6-9-16(10-7-13)14(17)12-4-2-1-3-5-12/h12-13H,1-11,15H2. The molecular weight excluding hydrogens is 228 g/mol. The Kier molecular flexibility index (Phi) is 5.45. The summed E-state index contributed by atoms with van der Waals surface area (Å²) in [7, 11) is 0. The largest absolute Gasteiger partial charge is 0.377 e. The van der Waals surface area contributed by atoms with Crippen LogP contribution in [0.1, 0.15) is 44.9 Å². The number of carbonyl (C=O) groups excluding carboxylic acids is 1. The molecule has 0 aromatic rings. The second kappa shape index (κ2) is 7.10. The maximum absolute atomic E-state index is 12.3. The molecule has 4 nitrogen and oxygen atoms in total. The molecule has 1 saturated heterocycles. The van der Waals surface area contributed by atoms with Gasteiger partial charge in [0.05, 0.1) is 12.7 Å². The third-order valence-corrected chi connectivity index (χ3v) is 4.18. The zero-order valence-corrected chi connectivity index (χ0v) is 11.3. The molecule has 0 aromatic heterocycles. The topological polar surface area (TPSA) is 55.6 Å². The van der Waals surface area contributed by atoms with Gasteiger partial charge in [0.15, 0.2) is 0 Å². The Morgan fingerprint density at radius 2 is 1.78 bits per heavy atom. The van der Waals surface area contributed by atoms with Crippen LogP contribution in [0.3, 0.4) is 0 Å². The van der Waals surface area contributed by atoms with Gasteiger partial charge in [0, 0.05) is 25.6 Å². The van der Waals surface area contributed by atoms with Crippen LogP contribution in [0.2, 0.25) is 0 Å². The molecule has 2 rings (SSSR count). The molecule has 1 heterocycles. The second-order valence-corrected chi connectivity index (χ2v) is 5.52. The first-order valence-electron chi connectivity index (χ1n) is 7.41. The van der Waals surface area contributed by atoms with Crippen molar-refractivity contribution in [1.29, 1.82) is 0 Å². The molecule has 1 saturated carbocycles. The van der Waals surface area contributed by atoms with Crippen LogP contribution >= 0.6 is 0 Å². The van der Waals surface area contributed by atoms with Gasteiger partial charge in [-0.05, 0) is 25.7 Å². The number of hydrogen-bond acceptors (Lipinski definition) is 3. The van der Waals surface area contributed by atoms with E-state index in [1.54, 1.807) is 0 Å². The fraction of sp³-hybridized carbons (Fsp3) is 0.929. The molecule has 0 radical (unpaired) electrons. The quantitative estimate of drug-likeness (QED) is 0.828. The van der Waals surface area contributed by atoms with Gasteiger partial charge in [-0.1, -0.05) is 19.3 Å². The molecule has 18 heavy (non-hydrogen) atoms. The number of amides is 1. The molecule has 2 N–H and O–H groups in total. The van der Waals surface area contributed by atoms with E-state index in [-0.39, 0.29) is 0 Å². The zero-order valence-electron chi connectivity index (χ0n) is 11.3. The molecule has 0 aromatic carbocycles. The highest BCUT2D eigenvalue weighted by molar-refractivity contribution is 5.79. The highest BCUT2D eigenvalue weighted by Crippen LogP contribution is 2.26. The van der Waals surface area contributed by atoms with E-state index >= 15 is 0 Å². The van der Waals surface area contributed by atoms with Gasteiger partial charge in [0.1, 0.15) is 0 Å². The Morgan fingerprint density at radius 1 is 1.11 bits per heavy atom. The number of nitrogens with zero attached hydrogens (tertiary/aromatic N) is 1. The van der Waals surface area contributed by atoms with Crippen LogP contribution in [0, 0.1) is 5.92 Å². The molecule has 4 heteroatoms. The number of rotatable bonds is 4. The molecule has 0 atom stereocenters. The minimum Gasteiger partial charge on any atom is -0.377 e. The SMILES string of the molecule is NCCOC1CCN(C(=O)C2CCCCC2)CC1. The predicted octanol–water partition coefficient (Wildman–Crippen LogP) is 1.53. The van der Waals surface area contributed by atoms with Gasteiger partial charge in [-0.2, -0.15) is 0 Å². The van der Waals surface area contributed by atoms with Gasteiger partial charge in [-0.15, -0.1) is 0 Å². The van der Waals surface area contributed by atoms with Crippen molar-refractivity contribution in [3.8, 4) is 0 Å². The Morgan fingerprint density at radius 3 is 2.39 bits per heavy atom. The van der Waals surface area contributed by atoms with Crippen LogP contribution in [0.4, 0.5) is 0 Å². The third-order valence-electron chi connectivity index (χ3n) is 4.18.